The van der Waals surface area contributed by atoms with Crippen LogP contribution in [0.2, 0.25) is 0 Å². The minimum Gasteiger partial charge on any atom is -0.508 e. The smallest absolute Gasteiger partial charge is 0.495 e. The topological polar surface area (TPSA) is 38.7 Å². The van der Waals surface area contributed by atoms with Crippen LogP contribution in [-0.4, -0.2) is 23.4 Å². The molecule has 0 atom stereocenters. The molecule has 0 aliphatic carbocycles. The minimum absolute atomic E-state index is 0.121. The van der Waals surface area contributed by atoms with Crippen LogP contribution in [-0.2, 0) is 15.7 Å². The van der Waals surface area contributed by atoms with Gasteiger partial charge in [-0.25, -0.2) is 4.39 Å². The zero-order valence-corrected chi connectivity index (χ0v) is 14.2. The molecule has 0 bridgehead atoms. The lowest BCUT2D eigenvalue weighted by atomic mass is 9.74. The number of phenols is 1. The van der Waals surface area contributed by atoms with Gasteiger partial charge in [-0.2, -0.15) is 0 Å². The molecule has 0 saturated carbocycles. The van der Waals surface area contributed by atoms with E-state index in [0.717, 1.165) is 10.8 Å². The number of hydrogen-bond donors (Lipinski definition) is 1. The second-order valence-corrected chi connectivity index (χ2v) is 7.10. The summed E-state index contributed by atoms with van der Waals surface area (Å²) in [4.78, 5) is 0. The van der Waals surface area contributed by atoms with Crippen LogP contribution in [0.15, 0.2) is 24.3 Å². The van der Waals surface area contributed by atoms with Crippen molar-refractivity contribution in [2.24, 2.45) is 0 Å². The molecule has 2 aromatic carbocycles. The van der Waals surface area contributed by atoms with Gasteiger partial charge in [0.25, 0.3) is 0 Å². The van der Waals surface area contributed by atoms with E-state index in [9.17, 15) is 9.50 Å². The molecule has 1 fully saturated rings. The molecule has 1 aliphatic heterocycles. The van der Waals surface area contributed by atoms with E-state index in [1.807, 2.05) is 34.6 Å². The van der Waals surface area contributed by atoms with Crippen LogP contribution in [0, 0.1) is 5.82 Å². The molecule has 0 amide bonds. The monoisotopic (exact) mass is 316 g/mol. The van der Waals surface area contributed by atoms with Gasteiger partial charge in [0.05, 0.1) is 11.2 Å². The second-order valence-electron chi connectivity index (χ2n) is 7.10. The highest BCUT2D eigenvalue weighted by Crippen LogP contribution is 2.37. The maximum atomic E-state index is 14.2. The van der Waals surface area contributed by atoms with Gasteiger partial charge in [-0.3, -0.25) is 0 Å². The molecule has 3 nitrogen and oxygen atoms in total. The summed E-state index contributed by atoms with van der Waals surface area (Å²) >= 11 is 0. The number of fused-ring (bicyclic) bond motifs is 1. The fourth-order valence-corrected chi connectivity index (χ4v) is 3.04. The average molecular weight is 316 g/mol. The quantitative estimate of drug-likeness (QED) is 0.861. The van der Waals surface area contributed by atoms with Crippen molar-refractivity contribution >= 4 is 23.4 Å². The number of aromatic hydroxyl groups is 1. The highest BCUT2D eigenvalue weighted by atomic mass is 19.1. The Labute approximate surface area is 136 Å². The van der Waals surface area contributed by atoms with Crippen LogP contribution >= 0.6 is 0 Å². The van der Waals surface area contributed by atoms with Crippen molar-refractivity contribution < 1.29 is 18.8 Å². The average Bonchev–Trinajstić information content (AvgIpc) is 2.67. The van der Waals surface area contributed by atoms with Crippen LogP contribution in [0.3, 0.4) is 0 Å². The van der Waals surface area contributed by atoms with Crippen molar-refractivity contribution in [3.05, 3.63) is 35.6 Å². The van der Waals surface area contributed by atoms with Crippen molar-refractivity contribution in [1.29, 1.82) is 0 Å². The van der Waals surface area contributed by atoms with E-state index in [-0.39, 0.29) is 11.6 Å². The summed E-state index contributed by atoms with van der Waals surface area (Å²) in [6, 6.07) is 6.37. The normalized spacial score (nSPS) is 19.5. The molecule has 2 aromatic rings. The van der Waals surface area contributed by atoms with E-state index in [0.29, 0.717) is 17.4 Å². The summed E-state index contributed by atoms with van der Waals surface area (Å²) in [5.41, 5.74) is 0.312. The van der Waals surface area contributed by atoms with Crippen LogP contribution in [0.5, 0.6) is 5.75 Å². The Hall–Kier alpha value is -1.59. The highest BCUT2D eigenvalue weighted by molar-refractivity contribution is 6.65. The van der Waals surface area contributed by atoms with Gasteiger partial charge in [0.15, 0.2) is 0 Å². The first-order chi connectivity index (χ1) is 10.7. The van der Waals surface area contributed by atoms with E-state index in [2.05, 4.69) is 0 Å². The summed E-state index contributed by atoms with van der Waals surface area (Å²) in [7, 11) is -0.637. The van der Waals surface area contributed by atoms with Gasteiger partial charge >= 0.3 is 7.12 Å². The summed E-state index contributed by atoms with van der Waals surface area (Å²) in [5.74, 6) is -0.126. The molecule has 1 aliphatic rings. The van der Waals surface area contributed by atoms with E-state index < -0.39 is 18.3 Å². The zero-order chi connectivity index (χ0) is 17.0. The molecule has 122 valence electrons. The molecule has 23 heavy (non-hydrogen) atoms. The van der Waals surface area contributed by atoms with Crippen LogP contribution in [0.4, 0.5) is 4.39 Å². The number of aryl methyl sites for hydroxylation is 1. The summed E-state index contributed by atoms with van der Waals surface area (Å²) in [6.07, 6.45) is 0.556. The third-order valence-corrected chi connectivity index (χ3v) is 5.04. The lowest BCUT2D eigenvalue weighted by Gasteiger charge is -2.32. The number of benzene rings is 2. The zero-order valence-electron chi connectivity index (χ0n) is 14.2. The van der Waals surface area contributed by atoms with Gasteiger partial charge in [0, 0.05) is 0 Å². The van der Waals surface area contributed by atoms with Gasteiger partial charge in [-0.05, 0) is 74.1 Å². The second kappa shape index (κ2) is 5.21. The first kappa shape index (κ1) is 16.3. The minimum atomic E-state index is -0.637. The number of halogens is 1. The Morgan fingerprint density at radius 2 is 1.70 bits per heavy atom. The fourth-order valence-electron chi connectivity index (χ4n) is 3.04. The maximum Gasteiger partial charge on any atom is 0.495 e. The van der Waals surface area contributed by atoms with Gasteiger partial charge in [-0.1, -0.05) is 13.0 Å². The van der Waals surface area contributed by atoms with Crippen molar-refractivity contribution in [2.75, 3.05) is 0 Å². The number of hydrogen-bond acceptors (Lipinski definition) is 3. The Kier molecular flexibility index (Phi) is 3.69. The fraction of sp³-hybridized carbons (Fsp3) is 0.444. The molecule has 0 spiro atoms. The molecule has 5 heteroatoms. The van der Waals surface area contributed by atoms with Crippen molar-refractivity contribution in [1.82, 2.24) is 0 Å². The SMILES string of the molecule is CCc1c(F)ccc2cc(O)cc(B3OC(C)(C)C(C)(C)O3)c12. The predicted octanol–water partition coefficient (Wildman–Crippen LogP) is 3.55. The van der Waals surface area contributed by atoms with Crippen LogP contribution < -0.4 is 5.46 Å². The van der Waals surface area contributed by atoms with Crippen LogP contribution in [0.25, 0.3) is 10.8 Å². The molecule has 3 rings (SSSR count). The van der Waals surface area contributed by atoms with E-state index >= 15 is 0 Å². The van der Waals surface area contributed by atoms with Gasteiger partial charge in [0.1, 0.15) is 11.6 Å². The Morgan fingerprint density at radius 3 is 2.26 bits per heavy atom. The lowest BCUT2D eigenvalue weighted by Crippen LogP contribution is -2.41. The molecule has 0 aromatic heterocycles. The lowest BCUT2D eigenvalue weighted by molar-refractivity contribution is 0.00578. The first-order valence-corrected chi connectivity index (χ1v) is 7.96. The molecular weight excluding hydrogens is 294 g/mol. The number of phenolic OH excluding ortho intramolecular Hbond substituents is 1. The Morgan fingerprint density at radius 1 is 1.09 bits per heavy atom. The van der Waals surface area contributed by atoms with Gasteiger partial charge in [-0.15, -0.1) is 0 Å². The molecule has 1 heterocycles. The molecule has 0 radical (unpaired) electrons. The highest BCUT2D eigenvalue weighted by Gasteiger charge is 2.52. The standard InChI is InChI=1S/C18H22BFO3/c1-6-13-15(20)8-7-11-9-12(21)10-14(16(11)13)19-22-17(2,3)18(4,5)23-19/h7-10,21H,6H2,1-5H3. The summed E-state index contributed by atoms with van der Waals surface area (Å²) in [5, 5.41) is 11.6. The Bertz CT molecular complexity index is 754. The van der Waals surface area contributed by atoms with Gasteiger partial charge in [0.2, 0.25) is 0 Å². The Balaban J connectivity index is 2.24. The number of rotatable bonds is 2. The predicted molar refractivity (Wildman–Crippen MR) is 90.7 cm³/mol. The van der Waals surface area contributed by atoms with Crippen molar-refractivity contribution in [2.45, 2.75) is 52.2 Å². The third-order valence-electron chi connectivity index (χ3n) is 5.04. The van der Waals surface area contributed by atoms with Crippen molar-refractivity contribution in [3.8, 4) is 5.75 Å². The van der Waals surface area contributed by atoms with Gasteiger partial charge < -0.3 is 14.4 Å². The molecule has 1 N–H and O–H groups in total. The third kappa shape index (κ3) is 2.52. The van der Waals surface area contributed by atoms with Crippen LogP contribution in [0.1, 0.15) is 40.2 Å². The molecule has 0 unspecified atom stereocenters. The van der Waals surface area contributed by atoms with E-state index in [1.165, 1.54) is 6.07 Å². The molecule has 1 saturated heterocycles. The van der Waals surface area contributed by atoms with E-state index in [4.69, 9.17) is 9.31 Å². The molecular formula is C18H22BFO3. The van der Waals surface area contributed by atoms with E-state index in [1.54, 1.807) is 18.2 Å². The first-order valence-electron chi connectivity index (χ1n) is 7.96. The largest absolute Gasteiger partial charge is 0.508 e. The summed E-state index contributed by atoms with van der Waals surface area (Å²) < 4.78 is 26.4. The summed E-state index contributed by atoms with van der Waals surface area (Å²) in [6.45, 7) is 9.80. The van der Waals surface area contributed by atoms with Crippen molar-refractivity contribution in [3.63, 3.8) is 0 Å². The maximum absolute atomic E-state index is 14.2.